The Labute approximate surface area is 98.6 Å². The molecule has 0 aliphatic carbocycles. The van der Waals surface area contributed by atoms with Crippen LogP contribution in [-0.4, -0.2) is 61.6 Å². The Kier molecular flexibility index (Phi) is 3.99. The standard InChI is InChI=1S/C10H23N3O2S/c1-9(11)10(2,3)16(14,15)13-7-5-12(4)6-8-13/h9H,5-8,11H2,1-4H3. The minimum Gasteiger partial charge on any atom is -0.326 e. The Morgan fingerprint density at radius 2 is 1.62 bits per heavy atom. The van der Waals surface area contributed by atoms with Crippen molar-refractivity contribution in [3.05, 3.63) is 0 Å². The van der Waals surface area contributed by atoms with E-state index in [-0.39, 0.29) is 6.04 Å². The Bertz CT molecular complexity index is 330. The molecule has 96 valence electrons. The molecule has 0 amide bonds. The van der Waals surface area contributed by atoms with Gasteiger partial charge in [-0.1, -0.05) is 0 Å². The second-order valence-corrected chi connectivity index (χ2v) is 7.62. The average molecular weight is 249 g/mol. The summed E-state index contributed by atoms with van der Waals surface area (Å²) < 4.78 is 25.4. The molecule has 0 aromatic carbocycles. The second kappa shape index (κ2) is 4.60. The summed E-state index contributed by atoms with van der Waals surface area (Å²) >= 11 is 0. The normalized spacial score (nSPS) is 23.3. The number of hydrogen-bond acceptors (Lipinski definition) is 4. The number of nitrogens with two attached hydrogens (primary N) is 1. The topological polar surface area (TPSA) is 66.6 Å². The fourth-order valence-electron chi connectivity index (χ4n) is 1.60. The van der Waals surface area contributed by atoms with Gasteiger partial charge in [0.2, 0.25) is 10.0 Å². The summed E-state index contributed by atoms with van der Waals surface area (Å²) in [6, 6.07) is -0.378. The first-order valence-corrected chi connectivity index (χ1v) is 7.07. The Hall–Kier alpha value is -0.170. The van der Waals surface area contributed by atoms with Gasteiger partial charge in [-0.25, -0.2) is 8.42 Å². The first kappa shape index (κ1) is 13.9. The zero-order chi connectivity index (χ0) is 12.6. The summed E-state index contributed by atoms with van der Waals surface area (Å²) in [5.41, 5.74) is 5.77. The van der Waals surface area contributed by atoms with E-state index < -0.39 is 14.8 Å². The summed E-state index contributed by atoms with van der Waals surface area (Å²) in [4.78, 5) is 2.13. The van der Waals surface area contributed by atoms with Crippen molar-refractivity contribution in [1.29, 1.82) is 0 Å². The lowest BCUT2D eigenvalue weighted by atomic mass is 10.1. The average Bonchev–Trinajstić information content (AvgIpc) is 2.17. The SMILES string of the molecule is CC(N)C(C)(C)S(=O)(=O)N1CCN(C)CC1. The molecule has 1 heterocycles. The van der Waals surface area contributed by atoms with Crippen LogP contribution in [0.1, 0.15) is 20.8 Å². The molecule has 0 bridgehead atoms. The molecule has 1 aliphatic rings. The van der Waals surface area contributed by atoms with Gasteiger partial charge in [-0.3, -0.25) is 0 Å². The third-order valence-electron chi connectivity index (χ3n) is 3.56. The Morgan fingerprint density at radius 1 is 1.19 bits per heavy atom. The van der Waals surface area contributed by atoms with Crippen LogP contribution in [0, 0.1) is 0 Å². The highest BCUT2D eigenvalue weighted by molar-refractivity contribution is 7.90. The molecule has 0 spiro atoms. The largest absolute Gasteiger partial charge is 0.326 e. The molecule has 1 atom stereocenters. The molecule has 1 rings (SSSR count). The van der Waals surface area contributed by atoms with Crippen LogP contribution in [0.5, 0.6) is 0 Å². The lowest BCUT2D eigenvalue weighted by Crippen LogP contribution is -2.57. The molecule has 1 fully saturated rings. The lowest BCUT2D eigenvalue weighted by Gasteiger charge is -2.38. The molecule has 1 saturated heterocycles. The van der Waals surface area contributed by atoms with E-state index >= 15 is 0 Å². The van der Waals surface area contributed by atoms with Gasteiger partial charge in [-0.15, -0.1) is 0 Å². The quantitative estimate of drug-likeness (QED) is 0.745. The Balaban J connectivity index is 2.86. The third-order valence-corrected chi connectivity index (χ3v) is 6.31. The number of nitrogens with zero attached hydrogens (tertiary/aromatic N) is 2. The van der Waals surface area contributed by atoms with Crippen LogP contribution in [0.15, 0.2) is 0 Å². The van der Waals surface area contributed by atoms with Gasteiger partial charge in [0.25, 0.3) is 0 Å². The zero-order valence-corrected chi connectivity index (χ0v) is 11.4. The minimum atomic E-state index is -3.30. The van der Waals surface area contributed by atoms with E-state index in [1.54, 1.807) is 25.1 Å². The summed E-state index contributed by atoms with van der Waals surface area (Å²) in [5.74, 6) is 0. The molecular formula is C10H23N3O2S. The number of hydrogen-bond donors (Lipinski definition) is 1. The van der Waals surface area contributed by atoms with Gasteiger partial charge in [0.1, 0.15) is 0 Å². The van der Waals surface area contributed by atoms with E-state index in [0.29, 0.717) is 13.1 Å². The van der Waals surface area contributed by atoms with Crippen molar-refractivity contribution < 1.29 is 8.42 Å². The molecule has 6 heteroatoms. The summed E-state index contributed by atoms with van der Waals surface area (Å²) in [6.07, 6.45) is 0. The van der Waals surface area contributed by atoms with Crippen molar-refractivity contribution in [3.63, 3.8) is 0 Å². The van der Waals surface area contributed by atoms with Gasteiger partial charge in [0, 0.05) is 32.2 Å². The van der Waals surface area contributed by atoms with E-state index in [4.69, 9.17) is 5.73 Å². The number of piperazine rings is 1. The smallest absolute Gasteiger partial charge is 0.220 e. The monoisotopic (exact) mass is 249 g/mol. The fourth-order valence-corrected chi connectivity index (χ4v) is 3.38. The molecule has 5 nitrogen and oxygen atoms in total. The van der Waals surface area contributed by atoms with Crippen molar-refractivity contribution in [1.82, 2.24) is 9.21 Å². The molecule has 0 aromatic heterocycles. The van der Waals surface area contributed by atoms with Crippen LogP contribution >= 0.6 is 0 Å². The minimum absolute atomic E-state index is 0.378. The van der Waals surface area contributed by atoms with Crippen molar-refractivity contribution >= 4 is 10.0 Å². The van der Waals surface area contributed by atoms with Crippen LogP contribution in [-0.2, 0) is 10.0 Å². The molecule has 1 aliphatic heterocycles. The molecule has 0 radical (unpaired) electrons. The Morgan fingerprint density at radius 3 is 2.00 bits per heavy atom. The molecular weight excluding hydrogens is 226 g/mol. The third kappa shape index (κ3) is 2.40. The van der Waals surface area contributed by atoms with Crippen LogP contribution in [0.25, 0.3) is 0 Å². The van der Waals surface area contributed by atoms with Crippen molar-refractivity contribution in [2.24, 2.45) is 5.73 Å². The van der Waals surface area contributed by atoms with Crippen LogP contribution < -0.4 is 5.73 Å². The van der Waals surface area contributed by atoms with E-state index in [1.165, 1.54) is 0 Å². The molecule has 2 N–H and O–H groups in total. The van der Waals surface area contributed by atoms with Gasteiger partial charge in [-0.05, 0) is 27.8 Å². The van der Waals surface area contributed by atoms with Gasteiger partial charge < -0.3 is 10.6 Å². The molecule has 0 saturated carbocycles. The molecule has 0 aromatic rings. The highest BCUT2D eigenvalue weighted by atomic mass is 32.2. The first-order valence-electron chi connectivity index (χ1n) is 5.63. The zero-order valence-electron chi connectivity index (χ0n) is 10.6. The number of sulfonamides is 1. The lowest BCUT2D eigenvalue weighted by molar-refractivity contribution is 0.218. The maximum absolute atomic E-state index is 12.4. The van der Waals surface area contributed by atoms with Crippen LogP contribution in [0.4, 0.5) is 0 Å². The van der Waals surface area contributed by atoms with Crippen molar-refractivity contribution in [3.8, 4) is 0 Å². The second-order valence-electron chi connectivity index (χ2n) is 5.10. The maximum atomic E-state index is 12.4. The summed E-state index contributed by atoms with van der Waals surface area (Å²) in [6.45, 7) is 7.84. The molecule has 1 unspecified atom stereocenters. The number of rotatable bonds is 3. The van der Waals surface area contributed by atoms with Gasteiger partial charge in [0.15, 0.2) is 0 Å². The van der Waals surface area contributed by atoms with Crippen LogP contribution in [0.2, 0.25) is 0 Å². The van der Waals surface area contributed by atoms with Crippen LogP contribution in [0.3, 0.4) is 0 Å². The van der Waals surface area contributed by atoms with Gasteiger partial charge in [0.05, 0.1) is 4.75 Å². The van der Waals surface area contributed by atoms with E-state index in [2.05, 4.69) is 4.90 Å². The van der Waals surface area contributed by atoms with E-state index in [9.17, 15) is 8.42 Å². The van der Waals surface area contributed by atoms with Gasteiger partial charge >= 0.3 is 0 Å². The number of likely N-dealkylation sites (N-methyl/N-ethyl adjacent to an activating group) is 1. The summed E-state index contributed by atoms with van der Waals surface area (Å²) in [5, 5.41) is 0. The maximum Gasteiger partial charge on any atom is 0.220 e. The predicted octanol–water partition coefficient (Wildman–Crippen LogP) is -0.311. The molecule has 16 heavy (non-hydrogen) atoms. The highest BCUT2D eigenvalue weighted by Gasteiger charge is 2.42. The summed E-state index contributed by atoms with van der Waals surface area (Å²) in [7, 11) is -1.30. The van der Waals surface area contributed by atoms with Crippen molar-refractivity contribution in [2.75, 3.05) is 33.2 Å². The highest BCUT2D eigenvalue weighted by Crippen LogP contribution is 2.24. The first-order chi connectivity index (χ1) is 7.19. The fraction of sp³-hybridized carbons (Fsp3) is 1.00. The van der Waals surface area contributed by atoms with Gasteiger partial charge in [-0.2, -0.15) is 4.31 Å². The van der Waals surface area contributed by atoms with E-state index in [0.717, 1.165) is 13.1 Å². The predicted molar refractivity (Wildman–Crippen MR) is 65.7 cm³/mol. The van der Waals surface area contributed by atoms with E-state index in [1.807, 2.05) is 7.05 Å². The van der Waals surface area contributed by atoms with Crippen molar-refractivity contribution in [2.45, 2.75) is 31.6 Å².